The first-order chi connectivity index (χ1) is 49.0. The fourth-order valence-corrected chi connectivity index (χ4v) is 14.3. The Morgan fingerprint density at radius 3 is 0.673 bits per heavy atom. The minimum Gasteiger partial charge on any atom is -0.462 e. The molecule has 3 N–H and O–H groups in total. The van der Waals surface area contributed by atoms with Crippen molar-refractivity contribution < 1.29 is 80.2 Å². The van der Waals surface area contributed by atoms with Crippen LogP contribution in [-0.4, -0.2) is 96.7 Å². The smallest absolute Gasteiger partial charge is 0.462 e. The van der Waals surface area contributed by atoms with Gasteiger partial charge < -0.3 is 33.8 Å². The van der Waals surface area contributed by atoms with Crippen molar-refractivity contribution in [2.45, 2.75) is 457 Å². The van der Waals surface area contributed by atoms with Crippen molar-refractivity contribution in [1.82, 2.24) is 0 Å². The van der Waals surface area contributed by atoms with E-state index in [1.54, 1.807) is 0 Å². The zero-order valence-corrected chi connectivity index (χ0v) is 67.8. The highest BCUT2D eigenvalue weighted by Crippen LogP contribution is 2.45. The number of aliphatic hydroxyl groups is 1. The van der Waals surface area contributed by atoms with Gasteiger partial charge >= 0.3 is 39.5 Å². The molecule has 0 amide bonds. The lowest BCUT2D eigenvalue weighted by molar-refractivity contribution is -0.161. The van der Waals surface area contributed by atoms with Crippen LogP contribution in [0.4, 0.5) is 0 Å². The molecular formula is C82H160O17P2. The molecular weight excluding hydrogens is 1320 g/mol. The summed E-state index contributed by atoms with van der Waals surface area (Å²) in [5.41, 5.74) is 0. The van der Waals surface area contributed by atoms with Gasteiger partial charge in [-0.25, -0.2) is 9.13 Å². The largest absolute Gasteiger partial charge is 0.472 e. The van der Waals surface area contributed by atoms with Crippen molar-refractivity contribution in [3.8, 4) is 0 Å². The van der Waals surface area contributed by atoms with Crippen LogP contribution in [0.1, 0.15) is 439 Å². The van der Waals surface area contributed by atoms with E-state index in [0.717, 1.165) is 95.8 Å². The summed E-state index contributed by atoms with van der Waals surface area (Å²) in [5, 5.41) is 10.6. The van der Waals surface area contributed by atoms with Gasteiger partial charge in [0.15, 0.2) is 12.2 Å². The van der Waals surface area contributed by atoms with Crippen molar-refractivity contribution in [3.63, 3.8) is 0 Å². The molecule has 0 aliphatic heterocycles. The van der Waals surface area contributed by atoms with Gasteiger partial charge in [0.1, 0.15) is 19.3 Å². The zero-order valence-electron chi connectivity index (χ0n) is 66.1. The quantitative estimate of drug-likeness (QED) is 0.0222. The molecule has 0 aromatic rings. The normalized spacial score (nSPS) is 13.8. The second-order valence-electron chi connectivity index (χ2n) is 30.0. The fraction of sp³-hybridized carbons (Fsp3) is 0.951. The molecule has 0 aromatic carbocycles. The van der Waals surface area contributed by atoms with Crippen LogP contribution in [0.15, 0.2) is 0 Å². The van der Waals surface area contributed by atoms with E-state index in [0.29, 0.717) is 25.7 Å². The number of rotatable bonds is 82. The minimum absolute atomic E-state index is 0.108. The lowest BCUT2D eigenvalue weighted by atomic mass is 10.0. The van der Waals surface area contributed by atoms with Gasteiger partial charge in [-0.3, -0.25) is 37.3 Å². The van der Waals surface area contributed by atoms with Gasteiger partial charge in [-0.15, -0.1) is 0 Å². The molecule has 0 spiro atoms. The van der Waals surface area contributed by atoms with Crippen LogP contribution >= 0.6 is 15.6 Å². The third-order valence-electron chi connectivity index (χ3n) is 19.3. The monoisotopic (exact) mass is 1480 g/mol. The predicted molar refractivity (Wildman–Crippen MR) is 414 cm³/mol. The van der Waals surface area contributed by atoms with Crippen LogP contribution in [0, 0.1) is 5.92 Å². The van der Waals surface area contributed by atoms with Gasteiger partial charge in [-0.1, -0.05) is 388 Å². The molecule has 0 saturated heterocycles. The maximum atomic E-state index is 13.1. The third kappa shape index (κ3) is 76.1. The van der Waals surface area contributed by atoms with Gasteiger partial charge in [-0.2, -0.15) is 0 Å². The van der Waals surface area contributed by atoms with Gasteiger partial charge in [0, 0.05) is 25.7 Å². The molecule has 0 saturated carbocycles. The second-order valence-corrected chi connectivity index (χ2v) is 32.9. The minimum atomic E-state index is -4.96. The topological polar surface area (TPSA) is 237 Å². The Labute approximate surface area is 619 Å². The third-order valence-corrected chi connectivity index (χ3v) is 21.2. The van der Waals surface area contributed by atoms with E-state index in [2.05, 4.69) is 34.6 Å². The molecule has 0 radical (unpaired) electrons. The SMILES string of the molecule is CCCCCCCCCCCCCCCCCCCCCCCCC(=O)O[C@H](COC(=O)CCCCCCCCCCCCCCCC)COP(=O)(O)OC[C@@H](O)COP(=O)(O)OC[C@@H](COC(=O)CCCCCCCCCCC(C)C)OC(=O)CCCCCCCCCCCCCCCC. The van der Waals surface area contributed by atoms with E-state index in [1.807, 2.05) is 0 Å². The average molecular weight is 1480 g/mol. The lowest BCUT2D eigenvalue weighted by Gasteiger charge is -2.21. The van der Waals surface area contributed by atoms with Gasteiger partial charge in [0.05, 0.1) is 26.4 Å². The number of carbonyl (C=O) groups is 4. The van der Waals surface area contributed by atoms with E-state index < -0.39 is 97.5 Å². The summed E-state index contributed by atoms with van der Waals surface area (Å²) in [6.45, 7) is 7.30. The number of phosphoric ester groups is 2. The van der Waals surface area contributed by atoms with Crippen LogP contribution in [0.25, 0.3) is 0 Å². The summed E-state index contributed by atoms with van der Waals surface area (Å²) in [6.07, 6.45) is 66.7. The number of ether oxygens (including phenoxy) is 4. The number of hydrogen-bond acceptors (Lipinski definition) is 15. The van der Waals surface area contributed by atoms with E-state index >= 15 is 0 Å². The number of aliphatic hydroxyl groups excluding tert-OH is 1. The van der Waals surface area contributed by atoms with Crippen molar-refractivity contribution in [2.75, 3.05) is 39.6 Å². The first kappa shape index (κ1) is 99.1. The summed E-state index contributed by atoms with van der Waals surface area (Å²) in [5.74, 6) is -1.38. The fourth-order valence-electron chi connectivity index (χ4n) is 12.8. The zero-order chi connectivity index (χ0) is 74.1. The molecule has 17 nitrogen and oxygen atoms in total. The van der Waals surface area contributed by atoms with Crippen LogP contribution < -0.4 is 0 Å². The molecule has 0 aliphatic carbocycles. The van der Waals surface area contributed by atoms with Crippen molar-refractivity contribution in [3.05, 3.63) is 0 Å². The highest BCUT2D eigenvalue weighted by atomic mass is 31.2. The van der Waals surface area contributed by atoms with Crippen LogP contribution in [0.3, 0.4) is 0 Å². The van der Waals surface area contributed by atoms with Gasteiger partial charge in [0.2, 0.25) is 0 Å². The highest BCUT2D eigenvalue weighted by molar-refractivity contribution is 7.47. The van der Waals surface area contributed by atoms with Gasteiger partial charge in [0.25, 0.3) is 0 Å². The van der Waals surface area contributed by atoms with E-state index in [1.165, 1.54) is 263 Å². The number of carbonyl (C=O) groups excluding carboxylic acids is 4. The number of unbranched alkanes of at least 4 members (excludes halogenated alkanes) is 54. The predicted octanol–water partition coefficient (Wildman–Crippen LogP) is 24.8. The molecule has 5 atom stereocenters. The molecule has 2 unspecified atom stereocenters. The van der Waals surface area contributed by atoms with Crippen molar-refractivity contribution in [1.29, 1.82) is 0 Å². The Kier molecular flexibility index (Phi) is 73.5. The standard InChI is InChI=1S/C82H160O17P2/c1-6-9-12-15-18-21-24-27-30-31-32-33-34-35-36-37-40-43-46-53-58-63-68-82(87)98-77(71-92-79(84)65-60-55-50-44-41-38-28-25-22-19-16-13-10-7-2)73-96-100(88,89)94-69-76(83)70-95-101(90,91)97-74-78(72-93-80(85)66-61-56-51-48-47-49-54-59-64-75(4)5)99-81(86)67-62-57-52-45-42-39-29-26-23-20-17-14-11-8-3/h75-78,83H,6-74H2,1-5H3,(H,88,89)(H,90,91)/t76-,77-,78-/m1/s1. The van der Waals surface area contributed by atoms with E-state index in [-0.39, 0.29) is 25.7 Å². The number of hydrogen-bond donors (Lipinski definition) is 3. The Hall–Kier alpha value is -1.94. The van der Waals surface area contributed by atoms with Crippen LogP contribution in [0.2, 0.25) is 0 Å². The average Bonchev–Trinajstić information content (AvgIpc) is 0.984. The molecule has 0 rings (SSSR count). The summed E-state index contributed by atoms with van der Waals surface area (Å²) in [7, 11) is -9.92. The maximum absolute atomic E-state index is 13.1. The molecule has 600 valence electrons. The Balaban J connectivity index is 5.21. The molecule has 0 aromatic heterocycles. The van der Waals surface area contributed by atoms with Crippen molar-refractivity contribution >= 4 is 39.5 Å². The molecule has 101 heavy (non-hydrogen) atoms. The number of phosphoric acid groups is 2. The first-order valence-electron chi connectivity index (χ1n) is 42.6. The Bertz CT molecular complexity index is 1930. The summed E-state index contributed by atoms with van der Waals surface area (Å²) >= 11 is 0. The molecule has 19 heteroatoms. The summed E-state index contributed by atoms with van der Waals surface area (Å²) in [4.78, 5) is 73.0. The molecule has 0 heterocycles. The van der Waals surface area contributed by atoms with Crippen LogP contribution in [0.5, 0.6) is 0 Å². The van der Waals surface area contributed by atoms with Crippen molar-refractivity contribution in [2.24, 2.45) is 5.92 Å². The highest BCUT2D eigenvalue weighted by Gasteiger charge is 2.30. The molecule has 0 aliphatic rings. The molecule has 0 fully saturated rings. The summed E-state index contributed by atoms with van der Waals surface area (Å²) < 4.78 is 68.7. The second kappa shape index (κ2) is 74.9. The number of esters is 4. The lowest BCUT2D eigenvalue weighted by Crippen LogP contribution is -2.30. The Morgan fingerprint density at radius 2 is 0.455 bits per heavy atom. The van der Waals surface area contributed by atoms with E-state index in [4.69, 9.17) is 37.0 Å². The summed E-state index contributed by atoms with van der Waals surface area (Å²) in [6, 6.07) is 0. The van der Waals surface area contributed by atoms with E-state index in [9.17, 15) is 43.2 Å². The Morgan fingerprint density at radius 1 is 0.267 bits per heavy atom. The van der Waals surface area contributed by atoms with Crippen LogP contribution in [-0.2, 0) is 65.4 Å². The maximum Gasteiger partial charge on any atom is 0.472 e. The first-order valence-corrected chi connectivity index (χ1v) is 45.6. The molecule has 0 bridgehead atoms. The van der Waals surface area contributed by atoms with Gasteiger partial charge in [-0.05, 0) is 31.6 Å².